The zero-order valence-electron chi connectivity index (χ0n) is 14.4. The van der Waals surface area contributed by atoms with E-state index in [4.69, 9.17) is 18.9 Å². The van der Waals surface area contributed by atoms with Crippen LogP contribution >= 0.6 is 0 Å². The van der Waals surface area contributed by atoms with Gasteiger partial charge in [0.2, 0.25) is 0 Å². The Morgan fingerprint density at radius 1 is 0.667 bits per heavy atom. The van der Waals surface area contributed by atoms with Crippen molar-refractivity contribution in [3.8, 4) is 23.0 Å². The molecule has 0 aliphatic rings. The fourth-order valence-corrected chi connectivity index (χ4v) is 2.41. The fourth-order valence-electron chi connectivity index (χ4n) is 2.41. The third-order valence-electron chi connectivity index (χ3n) is 3.61. The van der Waals surface area contributed by atoms with Crippen molar-refractivity contribution in [1.29, 1.82) is 0 Å². The molecule has 2 aromatic rings. The summed E-state index contributed by atoms with van der Waals surface area (Å²) in [5, 5.41) is 3.40. The highest BCUT2D eigenvalue weighted by atomic mass is 35.5. The van der Waals surface area contributed by atoms with E-state index < -0.39 is 0 Å². The molecule has 0 aliphatic carbocycles. The summed E-state index contributed by atoms with van der Waals surface area (Å²) in [7, 11) is 6.55. The predicted molar refractivity (Wildman–Crippen MR) is 89.6 cm³/mol. The Balaban J connectivity index is 0.00000288. The van der Waals surface area contributed by atoms with Crippen LogP contribution in [0.3, 0.4) is 0 Å². The van der Waals surface area contributed by atoms with Crippen LogP contribution in [-0.2, 0) is 13.1 Å². The highest BCUT2D eigenvalue weighted by molar-refractivity contribution is 5.50. The van der Waals surface area contributed by atoms with Crippen molar-refractivity contribution in [1.82, 2.24) is 5.32 Å². The van der Waals surface area contributed by atoms with Crippen molar-refractivity contribution >= 4 is 0 Å². The summed E-state index contributed by atoms with van der Waals surface area (Å²) in [6.45, 7) is 1.34. The average molecular weight is 353 g/mol. The fraction of sp³-hybridized carbons (Fsp3) is 0.333. The van der Waals surface area contributed by atoms with Crippen molar-refractivity contribution in [2.45, 2.75) is 13.1 Å². The summed E-state index contributed by atoms with van der Waals surface area (Å²) in [4.78, 5) is 0. The molecule has 0 unspecified atom stereocenters. The number of methoxy groups -OCH3 is 4. The smallest absolute Gasteiger partial charge is 0.164 e. The second-order valence-electron chi connectivity index (χ2n) is 4.93. The standard InChI is InChI=1S/C18H23NO4.ClH/c1-20-15-8-6-5-7-13(15)11-19-12-14-9-17(22-3)18(23-4)10-16(14)21-2;/h5-10,19H,11-12H2,1-4H3;1H/p-1. The third-order valence-corrected chi connectivity index (χ3v) is 3.61. The highest BCUT2D eigenvalue weighted by Crippen LogP contribution is 2.34. The molecule has 0 bridgehead atoms. The van der Waals surface area contributed by atoms with Gasteiger partial charge in [-0.2, -0.15) is 0 Å². The Morgan fingerprint density at radius 2 is 1.21 bits per heavy atom. The number of para-hydroxylation sites is 1. The Hall–Kier alpha value is -2.11. The van der Waals surface area contributed by atoms with Gasteiger partial charge in [-0.15, -0.1) is 0 Å². The third kappa shape index (κ3) is 4.69. The number of rotatable bonds is 8. The van der Waals surface area contributed by atoms with Gasteiger partial charge in [-0.1, -0.05) is 18.2 Å². The lowest BCUT2D eigenvalue weighted by Crippen LogP contribution is -3.00. The number of hydrogen-bond donors (Lipinski definition) is 1. The van der Waals surface area contributed by atoms with Crippen LogP contribution in [0.15, 0.2) is 36.4 Å². The van der Waals surface area contributed by atoms with Gasteiger partial charge in [0.1, 0.15) is 11.5 Å². The lowest BCUT2D eigenvalue weighted by Gasteiger charge is -2.15. The lowest BCUT2D eigenvalue weighted by atomic mass is 10.1. The first-order valence-corrected chi connectivity index (χ1v) is 7.35. The van der Waals surface area contributed by atoms with Crippen LogP contribution in [0.1, 0.15) is 11.1 Å². The van der Waals surface area contributed by atoms with E-state index in [2.05, 4.69) is 5.32 Å². The van der Waals surface area contributed by atoms with Crippen LogP contribution in [0.4, 0.5) is 0 Å². The van der Waals surface area contributed by atoms with E-state index >= 15 is 0 Å². The minimum Gasteiger partial charge on any atom is -1.00 e. The summed E-state index contributed by atoms with van der Waals surface area (Å²) >= 11 is 0. The number of halogens is 1. The molecule has 0 fully saturated rings. The molecule has 2 aromatic carbocycles. The number of ether oxygens (including phenoxy) is 4. The van der Waals surface area contributed by atoms with E-state index in [9.17, 15) is 0 Å². The summed E-state index contributed by atoms with van der Waals surface area (Å²) < 4.78 is 21.4. The van der Waals surface area contributed by atoms with Gasteiger partial charge in [-0.25, -0.2) is 0 Å². The lowest BCUT2D eigenvalue weighted by molar-refractivity contribution is -0.00000587. The maximum absolute atomic E-state index is 5.43. The summed E-state index contributed by atoms with van der Waals surface area (Å²) in [5.41, 5.74) is 2.11. The van der Waals surface area contributed by atoms with E-state index in [1.54, 1.807) is 28.4 Å². The quantitative estimate of drug-likeness (QED) is 0.725. The first kappa shape index (κ1) is 19.9. The second kappa shape index (κ2) is 9.90. The molecule has 0 atom stereocenters. The molecule has 24 heavy (non-hydrogen) atoms. The Labute approximate surface area is 149 Å². The molecule has 0 aromatic heterocycles. The molecule has 1 N–H and O–H groups in total. The Morgan fingerprint density at radius 3 is 1.83 bits per heavy atom. The van der Waals surface area contributed by atoms with E-state index in [0.29, 0.717) is 24.6 Å². The van der Waals surface area contributed by atoms with Crippen LogP contribution in [-0.4, -0.2) is 28.4 Å². The molecule has 6 heteroatoms. The maximum atomic E-state index is 5.43. The first-order valence-electron chi connectivity index (χ1n) is 7.35. The molecule has 132 valence electrons. The van der Waals surface area contributed by atoms with Gasteiger partial charge in [-0.3, -0.25) is 0 Å². The van der Waals surface area contributed by atoms with E-state index in [0.717, 1.165) is 22.6 Å². The van der Waals surface area contributed by atoms with E-state index in [1.165, 1.54) is 0 Å². The molecule has 0 amide bonds. The second-order valence-corrected chi connectivity index (χ2v) is 4.93. The monoisotopic (exact) mass is 352 g/mol. The molecular formula is C18H23ClNO4-. The molecule has 0 heterocycles. The van der Waals surface area contributed by atoms with Crippen molar-refractivity contribution in [2.24, 2.45) is 0 Å². The number of benzene rings is 2. The van der Waals surface area contributed by atoms with Gasteiger partial charge >= 0.3 is 0 Å². The van der Waals surface area contributed by atoms with Gasteiger partial charge in [0, 0.05) is 30.3 Å². The molecule has 0 aliphatic heterocycles. The Bertz CT molecular complexity index is 649. The minimum absolute atomic E-state index is 0. The molecule has 5 nitrogen and oxygen atoms in total. The van der Waals surface area contributed by atoms with Crippen molar-refractivity contribution in [3.63, 3.8) is 0 Å². The minimum atomic E-state index is 0. The predicted octanol–water partition coefficient (Wildman–Crippen LogP) is 0.0148. The number of hydrogen-bond acceptors (Lipinski definition) is 5. The van der Waals surface area contributed by atoms with Crippen molar-refractivity contribution in [2.75, 3.05) is 28.4 Å². The zero-order valence-corrected chi connectivity index (χ0v) is 15.1. The molecular weight excluding hydrogens is 330 g/mol. The number of nitrogens with one attached hydrogen (secondary N) is 1. The normalized spacial score (nSPS) is 9.83. The summed E-state index contributed by atoms with van der Waals surface area (Å²) in [6, 6.07) is 11.7. The van der Waals surface area contributed by atoms with Gasteiger partial charge in [0.15, 0.2) is 11.5 Å². The highest BCUT2D eigenvalue weighted by Gasteiger charge is 2.11. The molecule has 0 radical (unpaired) electrons. The molecule has 0 saturated carbocycles. The van der Waals surface area contributed by atoms with Crippen LogP contribution in [0, 0.1) is 0 Å². The van der Waals surface area contributed by atoms with Gasteiger partial charge in [-0.05, 0) is 12.1 Å². The van der Waals surface area contributed by atoms with Gasteiger partial charge < -0.3 is 36.7 Å². The molecule has 2 rings (SSSR count). The van der Waals surface area contributed by atoms with Crippen LogP contribution in [0.5, 0.6) is 23.0 Å². The molecule has 0 saturated heterocycles. The van der Waals surface area contributed by atoms with Crippen LogP contribution < -0.4 is 36.7 Å². The summed E-state index contributed by atoms with van der Waals surface area (Å²) in [6.07, 6.45) is 0. The zero-order chi connectivity index (χ0) is 16.7. The van der Waals surface area contributed by atoms with E-state index in [-0.39, 0.29) is 12.4 Å². The SMILES string of the molecule is COc1ccccc1CNCc1cc(OC)c(OC)cc1OC.[Cl-]. The van der Waals surface area contributed by atoms with Crippen molar-refractivity contribution in [3.05, 3.63) is 47.5 Å². The largest absolute Gasteiger partial charge is 1.00 e. The summed E-state index contributed by atoms with van der Waals surface area (Å²) in [5.74, 6) is 2.97. The van der Waals surface area contributed by atoms with E-state index in [1.807, 2.05) is 36.4 Å². The Kier molecular flexibility index (Phi) is 8.22. The van der Waals surface area contributed by atoms with Crippen LogP contribution in [0.2, 0.25) is 0 Å². The van der Waals surface area contributed by atoms with Gasteiger partial charge in [0.05, 0.1) is 28.4 Å². The van der Waals surface area contributed by atoms with Gasteiger partial charge in [0.25, 0.3) is 0 Å². The first-order chi connectivity index (χ1) is 11.2. The van der Waals surface area contributed by atoms with Crippen molar-refractivity contribution < 1.29 is 31.4 Å². The average Bonchev–Trinajstić information content (AvgIpc) is 2.61. The van der Waals surface area contributed by atoms with Crippen LogP contribution in [0.25, 0.3) is 0 Å². The molecule has 0 spiro atoms. The topological polar surface area (TPSA) is 49.0 Å². The maximum Gasteiger partial charge on any atom is 0.164 e.